The van der Waals surface area contributed by atoms with Crippen LogP contribution in [0.25, 0.3) is 10.2 Å². The van der Waals surface area contributed by atoms with Crippen molar-refractivity contribution >= 4 is 39.2 Å². The fraction of sp³-hybridized carbons (Fsp3) is 0.462. The highest BCUT2D eigenvalue weighted by molar-refractivity contribution is 7.18. The van der Waals surface area contributed by atoms with Crippen LogP contribution in [-0.2, 0) is 4.79 Å². The molecule has 2 aromatic rings. The van der Waals surface area contributed by atoms with Crippen molar-refractivity contribution in [3.63, 3.8) is 0 Å². The molecule has 0 saturated heterocycles. The third kappa shape index (κ3) is 2.82. The minimum absolute atomic E-state index is 0.342. The fourth-order valence-electron chi connectivity index (χ4n) is 1.68. The van der Waals surface area contributed by atoms with E-state index in [4.69, 9.17) is 5.73 Å². The summed E-state index contributed by atoms with van der Waals surface area (Å²) in [6.45, 7) is 6.06. The zero-order valence-corrected chi connectivity index (χ0v) is 12.9. The number of thiophene rings is 1. The number of nitrogens with one attached hydrogen (secondary N) is 2. The van der Waals surface area contributed by atoms with Gasteiger partial charge in [-0.3, -0.25) is 4.79 Å². The van der Waals surface area contributed by atoms with Crippen molar-refractivity contribution in [2.45, 2.75) is 20.8 Å². The molecule has 4 N–H and O–H groups in total. The van der Waals surface area contributed by atoms with Gasteiger partial charge in [0.25, 0.3) is 0 Å². The summed E-state index contributed by atoms with van der Waals surface area (Å²) in [4.78, 5) is 22.3. The average Bonchev–Trinajstić information content (AvgIpc) is 2.75. The van der Waals surface area contributed by atoms with Crippen molar-refractivity contribution in [2.75, 3.05) is 24.2 Å². The van der Waals surface area contributed by atoms with Gasteiger partial charge in [0.2, 0.25) is 11.9 Å². The van der Waals surface area contributed by atoms with Crippen molar-refractivity contribution in [1.29, 1.82) is 0 Å². The highest BCUT2D eigenvalue weighted by atomic mass is 32.1. The van der Waals surface area contributed by atoms with Crippen LogP contribution in [0, 0.1) is 12.3 Å². The van der Waals surface area contributed by atoms with Crippen LogP contribution in [0.4, 0.5) is 11.8 Å². The molecule has 0 aromatic carbocycles. The van der Waals surface area contributed by atoms with Gasteiger partial charge >= 0.3 is 0 Å². The van der Waals surface area contributed by atoms with E-state index >= 15 is 0 Å². The Bertz CT molecular complexity index is 649. The summed E-state index contributed by atoms with van der Waals surface area (Å²) in [6, 6.07) is 2.04. The maximum atomic E-state index is 11.4. The Hall–Kier alpha value is -1.89. The molecule has 20 heavy (non-hydrogen) atoms. The Labute approximate surface area is 121 Å². The SMILES string of the molecule is CNc1nc(NCC(C)(C)C(N)=O)c2cc(C)sc2n1. The average molecular weight is 293 g/mol. The Morgan fingerprint density at radius 1 is 1.45 bits per heavy atom. The number of nitrogens with two attached hydrogens (primary N) is 1. The van der Waals surface area contributed by atoms with Crippen molar-refractivity contribution in [3.05, 3.63) is 10.9 Å². The number of amides is 1. The van der Waals surface area contributed by atoms with Crippen LogP contribution in [0.5, 0.6) is 0 Å². The maximum absolute atomic E-state index is 11.4. The van der Waals surface area contributed by atoms with Crippen molar-refractivity contribution in [2.24, 2.45) is 11.1 Å². The second-order valence-corrected chi connectivity index (χ2v) is 6.56. The highest BCUT2D eigenvalue weighted by Crippen LogP contribution is 2.30. The lowest BCUT2D eigenvalue weighted by Gasteiger charge is -2.21. The molecule has 1 amide bonds. The van der Waals surface area contributed by atoms with Crippen LogP contribution in [0.3, 0.4) is 0 Å². The van der Waals surface area contributed by atoms with E-state index < -0.39 is 5.41 Å². The minimum atomic E-state index is -0.637. The molecule has 2 heterocycles. The molecule has 0 saturated carbocycles. The Morgan fingerprint density at radius 2 is 2.15 bits per heavy atom. The van der Waals surface area contributed by atoms with E-state index in [9.17, 15) is 4.79 Å². The smallest absolute Gasteiger partial charge is 0.225 e. The molecule has 6 nitrogen and oxygen atoms in total. The number of hydrogen-bond donors (Lipinski definition) is 3. The molecule has 0 radical (unpaired) electrons. The van der Waals surface area contributed by atoms with Gasteiger partial charge in [-0.15, -0.1) is 11.3 Å². The summed E-state index contributed by atoms with van der Waals surface area (Å²) in [6.07, 6.45) is 0. The topological polar surface area (TPSA) is 92.9 Å². The first-order chi connectivity index (χ1) is 9.33. The lowest BCUT2D eigenvalue weighted by molar-refractivity contribution is -0.125. The Morgan fingerprint density at radius 3 is 2.75 bits per heavy atom. The Kier molecular flexibility index (Phi) is 3.80. The molecule has 7 heteroatoms. The lowest BCUT2D eigenvalue weighted by atomic mass is 9.93. The number of hydrogen-bond acceptors (Lipinski definition) is 6. The van der Waals surface area contributed by atoms with Gasteiger partial charge in [-0.2, -0.15) is 4.98 Å². The number of rotatable bonds is 5. The van der Waals surface area contributed by atoms with E-state index in [1.807, 2.05) is 13.0 Å². The number of nitrogens with zero attached hydrogens (tertiary/aromatic N) is 2. The number of aromatic nitrogens is 2. The molecule has 2 aromatic heterocycles. The predicted molar refractivity (Wildman–Crippen MR) is 83.2 cm³/mol. The number of aryl methyl sites for hydroxylation is 1. The van der Waals surface area contributed by atoms with Gasteiger partial charge in [0, 0.05) is 18.5 Å². The lowest BCUT2D eigenvalue weighted by Crippen LogP contribution is -2.37. The number of primary amides is 1. The quantitative estimate of drug-likeness (QED) is 0.783. The van der Waals surface area contributed by atoms with E-state index in [1.165, 1.54) is 4.88 Å². The van der Waals surface area contributed by atoms with Crippen LogP contribution >= 0.6 is 11.3 Å². The molecule has 0 bridgehead atoms. The van der Waals surface area contributed by atoms with Gasteiger partial charge in [0.1, 0.15) is 10.6 Å². The summed E-state index contributed by atoms with van der Waals surface area (Å²) in [5, 5.41) is 7.12. The van der Waals surface area contributed by atoms with E-state index in [0.717, 1.165) is 16.0 Å². The molecule has 0 aliphatic carbocycles. The molecule has 108 valence electrons. The zero-order chi connectivity index (χ0) is 14.9. The third-order valence-electron chi connectivity index (χ3n) is 3.10. The van der Waals surface area contributed by atoms with Crippen LogP contribution in [0.1, 0.15) is 18.7 Å². The van der Waals surface area contributed by atoms with Crippen molar-refractivity contribution in [1.82, 2.24) is 9.97 Å². The van der Waals surface area contributed by atoms with Crippen LogP contribution in [-0.4, -0.2) is 29.5 Å². The van der Waals surface area contributed by atoms with E-state index in [2.05, 4.69) is 20.6 Å². The van der Waals surface area contributed by atoms with E-state index in [-0.39, 0.29) is 5.91 Å². The van der Waals surface area contributed by atoms with Crippen LogP contribution < -0.4 is 16.4 Å². The van der Waals surface area contributed by atoms with Gasteiger partial charge in [0.15, 0.2) is 0 Å². The minimum Gasteiger partial charge on any atom is -0.369 e. The number of carbonyl (C=O) groups is 1. The molecular weight excluding hydrogens is 274 g/mol. The van der Waals surface area contributed by atoms with Crippen LogP contribution in [0.15, 0.2) is 6.07 Å². The third-order valence-corrected chi connectivity index (χ3v) is 4.05. The van der Waals surface area contributed by atoms with Gasteiger partial charge in [-0.1, -0.05) is 0 Å². The summed E-state index contributed by atoms with van der Waals surface area (Å²) < 4.78 is 0. The van der Waals surface area contributed by atoms with Gasteiger partial charge in [-0.05, 0) is 26.8 Å². The second kappa shape index (κ2) is 5.24. The number of carbonyl (C=O) groups excluding carboxylic acids is 1. The van der Waals surface area contributed by atoms with Crippen molar-refractivity contribution < 1.29 is 4.79 Å². The first-order valence-electron chi connectivity index (χ1n) is 6.33. The fourth-order valence-corrected chi connectivity index (χ4v) is 2.56. The summed E-state index contributed by atoms with van der Waals surface area (Å²) in [7, 11) is 1.78. The predicted octanol–water partition coefficient (Wildman–Crippen LogP) is 1.96. The van der Waals surface area contributed by atoms with E-state index in [0.29, 0.717) is 12.5 Å². The van der Waals surface area contributed by atoms with Gasteiger partial charge in [0.05, 0.1) is 10.8 Å². The van der Waals surface area contributed by atoms with Gasteiger partial charge < -0.3 is 16.4 Å². The first kappa shape index (κ1) is 14.5. The molecular formula is C13H19N5OS. The molecule has 0 spiro atoms. The summed E-state index contributed by atoms with van der Waals surface area (Å²) in [5.74, 6) is 0.933. The van der Waals surface area contributed by atoms with E-state index in [1.54, 1.807) is 32.2 Å². The second-order valence-electron chi connectivity index (χ2n) is 5.32. The molecule has 0 unspecified atom stereocenters. The van der Waals surface area contributed by atoms with Gasteiger partial charge in [-0.25, -0.2) is 4.98 Å². The Balaban J connectivity index is 2.35. The van der Waals surface area contributed by atoms with Crippen molar-refractivity contribution in [3.8, 4) is 0 Å². The summed E-state index contributed by atoms with van der Waals surface area (Å²) in [5.41, 5.74) is 4.75. The molecule has 2 rings (SSSR count). The monoisotopic (exact) mass is 293 g/mol. The normalized spacial score (nSPS) is 11.6. The zero-order valence-electron chi connectivity index (χ0n) is 12.1. The largest absolute Gasteiger partial charge is 0.369 e. The standard InChI is InChI=1S/C13H19N5OS/c1-7-5-8-9(16-6-13(2,3)11(14)19)17-12(15-4)18-10(8)20-7/h5H,6H2,1-4H3,(H2,14,19)(H2,15,16,17,18). The highest BCUT2D eigenvalue weighted by Gasteiger charge is 2.25. The number of fused-ring (bicyclic) bond motifs is 1. The summed E-state index contributed by atoms with van der Waals surface area (Å²) >= 11 is 1.61. The molecule has 0 fully saturated rings. The first-order valence-corrected chi connectivity index (χ1v) is 7.15. The molecule has 0 aliphatic rings. The molecule has 0 atom stereocenters. The molecule has 0 aliphatic heterocycles. The number of anilines is 2. The van der Waals surface area contributed by atoms with Crippen LogP contribution in [0.2, 0.25) is 0 Å². The maximum Gasteiger partial charge on any atom is 0.225 e.